The van der Waals surface area contributed by atoms with Crippen molar-refractivity contribution in [2.24, 2.45) is 11.5 Å². The second kappa shape index (κ2) is 5.24. The van der Waals surface area contributed by atoms with Crippen LogP contribution in [-0.2, 0) is 6.54 Å². The number of nitrogens with zero attached hydrogens (tertiary/aromatic N) is 2. The van der Waals surface area contributed by atoms with Crippen LogP contribution in [0.25, 0.3) is 0 Å². The Hall–Kier alpha value is -2.47. The molecule has 1 aromatic heterocycles. The molecule has 1 amide bonds. The summed E-state index contributed by atoms with van der Waals surface area (Å²) in [5.41, 5.74) is 11.6. The zero-order chi connectivity index (χ0) is 13.0. The Kier molecular flexibility index (Phi) is 3.49. The summed E-state index contributed by atoms with van der Waals surface area (Å²) < 4.78 is 5.53. The highest BCUT2D eigenvalue weighted by molar-refractivity contribution is 5.90. The van der Waals surface area contributed by atoms with Gasteiger partial charge >= 0.3 is 0 Å². The number of benzene rings is 1. The molecule has 1 aromatic carbocycles. The van der Waals surface area contributed by atoms with Gasteiger partial charge in [0.1, 0.15) is 5.75 Å². The lowest BCUT2D eigenvalue weighted by Crippen LogP contribution is -2.13. The van der Waals surface area contributed by atoms with Crippen LogP contribution in [0.15, 0.2) is 36.4 Å². The third-order valence-corrected chi connectivity index (χ3v) is 2.30. The highest BCUT2D eigenvalue weighted by atomic mass is 16.5. The van der Waals surface area contributed by atoms with E-state index in [0.29, 0.717) is 12.3 Å². The van der Waals surface area contributed by atoms with Crippen molar-refractivity contribution in [3.05, 3.63) is 47.7 Å². The van der Waals surface area contributed by atoms with Gasteiger partial charge in [0.05, 0.1) is 0 Å². The Labute approximate surface area is 104 Å². The summed E-state index contributed by atoms with van der Waals surface area (Å²) in [5, 5.41) is 7.41. The Morgan fingerprint density at radius 2 is 1.94 bits per heavy atom. The minimum absolute atomic E-state index is 0.0921. The van der Waals surface area contributed by atoms with Gasteiger partial charge in [0, 0.05) is 18.2 Å². The standard InChI is InChI=1S/C12H12N4O2/c13-7-8-3-1-2-4-10(8)18-11-6-5-9(12(14)17)15-16-11/h1-6H,7,13H2,(H2,14,17). The topological polar surface area (TPSA) is 104 Å². The van der Waals surface area contributed by atoms with Gasteiger partial charge in [-0.3, -0.25) is 4.79 Å². The third kappa shape index (κ3) is 2.61. The number of primary amides is 1. The van der Waals surface area contributed by atoms with Crippen LogP contribution in [0.3, 0.4) is 0 Å². The number of carbonyl (C=O) groups is 1. The first kappa shape index (κ1) is 12.0. The normalized spacial score (nSPS) is 10.1. The Balaban J connectivity index is 2.21. The van der Waals surface area contributed by atoms with E-state index >= 15 is 0 Å². The van der Waals surface area contributed by atoms with Gasteiger partial charge < -0.3 is 16.2 Å². The molecule has 0 unspecified atom stereocenters. The molecule has 2 aromatic rings. The molecule has 0 spiro atoms. The van der Waals surface area contributed by atoms with Crippen LogP contribution in [0, 0.1) is 0 Å². The molecule has 0 atom stereocenters. The molecule has 6 heteroatoms. The van der Waals surface area contributed by atoms with Gasteiger partial charge in [-0.1, -0.05) is 18.2 Å². The van der Waals surface area contributed by atoms with E-state index in [1.807, 2.05) is 18.2 Å². The van der Waals surface area contributed by atoms with Crippen LogP contribution in [0.4, 0.5) is 0 Å². The van der Waals surface area contributed by atoms with Gasteiger partial charge in [-0.15, -0.1) is 10.2 Å². The second-order valence-electron chi connectivity index (χ2n) is 3.53. The molecule has 0 saturated heterocycles. The summed E-state index contributed by atoms with van der Waals surface area (Å²) in [4.78, 5) is 10.8. The number of para-hydroxylation sites is 1. The summed E-state index contributed by atoms with van der Waals surface area (Å²) in [6.07, 6.45) is 0. The molecular formula is C12H12N4O2. The molecule has 92 valence electrons. The van der Waals surface area contributed by atoms with Crippen molar-refractivity contribution in [2.75, 3.05) is 0 Å². The van der Waals surface area contributed by atoms with E-state index in [1.54, 1.807) is 6.07 Å². The molecule has 0 aliphatic carbocycles. The maximum absolute atomic E-state index is 10.8. The molecule has 0 radical (unpaired) electrons. The molecule has 0 aliphatic heterocycles. The fraction of sp³-hybridized carbons (Fsp3) is 0.0833. The summed E-state index contributed by atoms with van der Waals surface area (Å²) in [5.74, 6) is 0.262. The number of amides is 1. The molecule has 6 nitrogen and oxygen atoms in total. The number of hydrogen-bond donors (Lipinski definition) is 2. The third-order valence-electron chi connectivity index (χ3n) is 2.30. The molecule has 0 bridgehead atoms. The average molecular weight is 244 g/mol. The van der Waals surface area contributed by atoms with Crippen molar-refractivity contribution in [1.82, 2.24) is 10.2 Å². The van der Waals surface area contributed by atoms with E-state index in [9.17, 15) is 4.79 Å². The van der Waals surface area contributed by atoms with E-state index in [1.165, 1.54) is 12.1 Å². The Morgan fingerprint density at radius 3 is 2.56 bits per heavy atom. The largest absolute Gasteiger partial charge is 0.437 e. The first-order valence-corrected chi connectivity index (χ1v) is 5.30. The highest BCUT2D eigenvalue weighted by Crippen LogP contribution is 2.22. The van der Waals surface area contributed by atoms with Crippen molar-refractivity contribution in [3.8, 4) is 11.6 Å². The quantitative estimate of drug-likeness (QED) is 0.828. The van der Waals surface area contributed by atoms with Crippen LogP contribution >= 0.6 is 0 Å². The smallest absolute Gasteiger partial charge is 0.269 e. The monoisotopic (exact) mass is 244 g/mol. The first-order valence-electron chi connectivity index (χ1n) is 5.30. The molecule has 1 heterocycles. The van der Waals surface area contributed by atoms with E-state index in [-0.39, 0.29) is 11.6 Å². The molecule has 4 N–H and O–H groups in total. The maximum atomic E-state index is 10.8. The fourth-order valence-electron chi connectivity index (χ4n) is 1.39. The molecule has 0 aliphatic rings. The van der Waals surface area contributed by atoms with E-state index in [0.717, 1.165) is 5.56 Å². The van der Waals surface area contributed by atoms with Crippen molar-refractivity contribution in [2.45, 2.75) is 6.54 Å². The van der Waals surface area contributed by atoms with Crippen LogP contribution < -0.4 is 16.2 Å². The van der Waals surface area contributed by atoms with Crippen molar-refractivity contribution >= 4 is 5.91 Å². The average Bonchev–Trinajstić information content (AvgIpc) is 2.40. The zero-order valence-corrected chi connectivity index (χ0v) is 9.54. The number of nitrogens with two attached hydrogens (primary N) is 2. The van der Waals surface area contributed by atoms with Gasteiger partial charge in [0.15, 0.2) is 5.69 Å². The SMILES string of the molecule is NCc1ccccc1Oc1ccc(C(N)=O)nn1. The summed E-state index contributed by atoms with van der Waals surface area (Å²) in [7, 11) is 0. The molecule has 0 saturated carbocycles. The number of ether oxygens (including phenoxy) is 1. The van der Waals surface area contributed by atoms with Gasteiger partial charge in [-0.05, 0) is 12.1 Å². The number of rotatable bonds is 4. The van der Waals surface area contributed by atoms with Crippen molar-refractivity contribution < 1.29 is 9.53 Å². The van der Waals surface area contributed by atoms with Crippen molar-refractivity contribution in [3.63, 3.8) is 0 Å². The van der Waals surface area contributed by atoms with Crippen molar-refractivity contribution in [1.29, 1.82) is 0 Å². The van der Waals surface area contributed by atoms with Gasteiger partial charge in [0.2, 0.25) is 5.88 Å². The van der Waals surface area contributed by atoms with E-state index < -0.39 is 5.91 Å². The van der Waals surface area contributed by atoms with Crippen LogP contribution in [0.1, 0.15) is 16.1 Å². The number of carbonyl (C=O) groups excluding carboxylic acids is 1. The lowest BCUT2D eigenvalue weighted by molar-refractivity contribution is 0.0994. The zero-order valence-electron chi connectivity index (χ0n) is 9.54. The Bertz CT molecular complexity index is 554. The molecule has 18 heavy (non-hydrogen) atoms. The van der Waals surface area contributed by atoms with Crippen LogP contribution in [-0.4, -0.2) is 16.1 Å². The first-order chi connectivity index (χ1) is 8.70. The van der Waals surface area contributed by atoms with E-state index in [4.69, 9.17) is 16.2 Å². The fourth-order valence-corrected chi connectivity index (χ4v) is 1.39. The summed E-state index contributed by atoms with van der Waals surface area (Å²) >= 11 is 0. The predicted octanol–water partition coefficient (Wildman–Crippen LogP) is 0.826. The number of aromatic nitrogens is 2. The Morgan fingerprint density at radius 1 is 1.17 bits per heavy atom. The lowest BCUT2D eigenvalue weighted by atomic mass is 10.2. The predicted molar refractivity (Wildman–Crippen MR) is 65.0 cm³/mol. The van der Waals surface area contributed by atoms with Crippen LogP contribution in [0.2, 0.25) is 0 Å². The minimum atomic E-state index is -0.628. The lowest BCUT2D eigenvalue weighted by Gasteiger charge is -2.08. The molecular weight excluding hydrogens is 232 g/mol. The summed E-state index contributed by atoms with van der Waals surface area (Å²) in [6, 6.07) is 10.3. The van der Waals surface area contributed by atoms with Gasteiger partial charge in [0.25, 0.3) is 5.91 Å². The maximum Gasteiger partial charge on any atom is 0.269 e. The van der Waals surface area contributed by atoms with Gasteiger partial charge in [-0.2, -0.15) is 0 Å². The minimum Gasteiger partial charge on any atom is -0.437 e. The van der Waals surface area contributed by atoms with Gasteiger partial charge in [-0.25, -0.2) is 0 Å². The van der Waals surface area contributed by atoms with E-state index in [2.05, 4.69) is 10.2 Å². The summed E-state index contributed by atoms with van der Waals surface area (Å²) in [6.45, 7) is 0.364. The molecule has 2 rings (SSSR count). The second-order valence-corrected chi connectivity index (χ2v) is 3.53. The number of hydrogen-bond acceptors (Lipinski definition) is 5. The molecule has 0 fully saturated rings. The van der Waals surface area contributed by atoms with Crippen LogP contribution in [0.5, 0.6) is 11.6 Å². The highest BCUT2D eigenvalue weighted by Gasteiger charge is 2.06.